The summed E-state index contributed by atoms with van der Waals surface area (Å²) < 4.78 is 18.8. The Balaban J connectivity index is 2.89. The average molecular weight is 284 g/mol. The van der Waals surface area contributed by atoms with E-state index in [2.05, 4.69) is 5.32 Å². The summed E-state index contributed by atoms with van der Waals surface area (Å²) in [6.07, 6.45) is 0. The number of aryl methyl sites for hydroxylation is 1. The lowest BCUT2D eigenvalue weighted by Crippen LogP contribution is -2.30. The lowest BCUT2D eigenvalue weighted by Gasteiger charge is -2.12. The van der Waals surface area contributed by atoms with Crippen molar-refractivity contribution in [3.63, 3.8) is 0 Å². The molecule has 0 spiro atoms. The van der Waals surface area contributed by atoms with Gasteiger partial charge in [-0.25, -0.2) is 4.39 Å². The number of nitro benzene ring substituents is 1. The summed E-state index contributed by atoms with van der Waals surface area (Å²) in [7, 11) is 1.54. The van der Waals surface area contributed by atoms with Gasteiger partial charge in [-0.15, -0.1) is 0 Å². The van der Waals surface area contributed by atoms with Gasteiger partial charge in [0.05, 0.1) is 17.1 Å². The maximum atomic E-state index is 13.9. The van der Waals surface area contributed by atoms with E-state index >= 15 is 0 Å². The van der Waals surface area contributed by atoms with Crippen molar-refractivity contribution in [2.24, 2.45) is 5.92 Å². The van der Waals surface area contributed by atoms with Crippen LogP contribution in [0, 0.1) is 28.8 Å². The summed E-state index contributed by atoms with van der Waals surface area (Å²) in [6, 6.07) is 2.04. The molecule has 0 bridgehead atoms. The number of amides is 1. The van der Waals surface area contributed by atoms with Crippen molar-refractivity contribution in [2.45, 2.75) is 13.8 Å². The molecule has 0 radical (unpaired) electrons. The van der Waals surface area contributed by atoms with Crippen LogP contribution in [0.2, 0.25) is 0 Å². The van der Waals surface area contributed by atoms with Gasteiger partial charge in [0.25, 0.3) is 11.6 Å². The predicted molar refractivity (Wildman–Crippen MR) is 71.2 cm³/mol. The monoisotopic (exact) mass is 284 g/mol. The van der Waals surface area contributed by atoms with E-state index in [0.717, 1.165) is 12.1 Å². The smallest absolute Gasteiger partial charge is 0.270 e. The molecule has 0 saturated carbocycles. The molecule has 0 heterocycles. The molecule has 0 aromatic heterocycles. The van der Waals surface area contributed by atoms with E-state index in [0.29, 0.717) is 13.2 Å². The fourth-order valence-corrected chi connectivity index (χ4v) is 1.73. The van der Waals surface area contributed by atoms with Crippen molar-refractivity contribution < 1.29 is 18.8 Å². The number of carbonyl (C=O) groups is 1. The van der Waals surface area contributed by atoms with Crippen LogP contribution in [0.4, 0.5) is 10.1 Å². The molecule has 6 nitrogen and oxygen atoms in total. The molecule has 1 aromatic carbocycles. The number of carbonyl (C=O) groups excluding carboxylic acids is 1. The molecule has 1 unspecified atom stereocenters. The summed E-state index contributed by atoms with van der Waals surface area (Å²) in [6.45, 7) is 4.00. The molecule has 1 N–H and O–H groups in total. The van der Waals surface area contributed by atoms with Crippen molar-refractivity contribution in [1.29, 1.82) is 0 Å². The summed E-state index contributed by atoms with van der Waals surface area (Å²) in [4.78, 5) is 22.0. The quantitative estimate of drug-likeness (QED) is 0.640. The molecule has 7 heteroatoms. The highest BCUT2D eigenvalue weighted by atomic mass is 19.1. The van der Waals surface area contributed by atoms with E-state index in [1.165, 1.54) is 6.92 Å². The van der Waals surface area contributed by atoms with E-state index in [4.69, 9.17) is 4.74 Å². The minimum atomic E-state index is -0.743. The number of ether oxygens (including phenoxy) is 1. The standard InChI is InChI=1S/C13H17FN2O4/c1-8(7-20-3)6-15-13(17)11-5-10(16(18)19)4-9(2)12(11)14/h4-5,8H,6-7H2,1-3H3,(H,15,17). The van der Waals surface area contributed by atoms with Gasteiger partial charge >= 0.3 is 0 Å². The maximum absolute atomic E-state index is 13.9. The second-order valence-electron chi connectivity index (χ2n) is 4.65. The van der Waals surface area contributed by atoms with E-state index in [-0.39, 0.29) is 22.7 Å². The third-order valence-electron chi connectivity index (χ3n) is 2.76. The first-order chi connectivity index (χ1) is 9.36. The summed E-state index contributed by atoms with van der Waals surface area (Å²) >= 11 is 0. The number of methoxy groups -OCH3 is 1. The minimum absolute atomic E-state index is 0.0619. The number of non-ortho nitro benzene ring substituents is 1. The molecule has 1 aromatic rings. The average Bonchev–Trinajstić information content (AvgIpc) is 2.39. The molecular weight excluding hydrogens is 267 g/mol. The third kappa shape index (κ3) is 3.99. The number of nitrogens with one attached hydrogen (secondary N) is 1. The lowest BCUT2D eigenvalue weighted by atomic mass is 10.1. The molecule has 0 saturated heterocycles. The van der Waals surface area contributed by atoms with Crippen LogP contribution in [0.1, 0.15) is 22.8 Å². The maximum Gasteiger partial charge on any atom is 0.270 e. The number of halogens is 1. The van der Waals surface area contributed by atoms with Crippen LogP contribution in [0.25, 0.3) is 0 Å². The molecule has 0 aliphatic rings. The van der Waals surface area contributed by atoms with Gasteiger partial charge in [-0.2, -0.15) is 0 Å². The Kier molecular flexibility index (Phi) is 5.57. The number of hydrogen-bond donors (Lipinski definition) is 1. The molecule has 1 rings (SSSR count). The predicted octanol–water partition coefficient (Wildman–Crippen LogP) is 2.05. The zero-order chi connectivity index (χ0) is 15.3. The molecule has 20 heavy (non-hydrogen) atoms. The minimum Gasteiger partial charge on any atom is -0.384 e. The van der Waals surface area contributed by atoms with Gasteiger partial charge in [-0.3, -0.25) is 14.9 Å². The van der Waals surface area contributed by atoms with Gasteiger partial charge in [0, 0.05) is 25.8 Å². The van der Waals surface area contributed by atoms with Gasteiger partial charge in [-0.05, 0) is 18.4 Å². The van der Waals surface area contributed by atoms with E-state index in [1.54, 1.807) is 7.11 Å². The molecule has 0 fully saturated rings. The van der Waals surface area contributed by atoms with Crippen molar-refractivity contribution in [1.82, 2.24) is 5.32 Å². The zero-order valence-electron chi connectivity index (χ0n) is 11.6. The SMILES string of the molecule is COCC(C)CNC(=O)c1cc([N+](=O)[O-])cc(C)c1F. The Hall–Kier alpha value is -2.02. The van der Waals surface area contributed by atoms with E-state index in [1.807, 2.05) is 6.92 Å². The van der Waals surface area contributed by atoms with Gasteiger partial charge in [0.1, 0.15) is 5.82 Å². The van der Waals surface area contributed by atoms with Crippen molar-refractivity contribution in [3.8, 4) is 0 Å². The first kappa shape index (κ1) is 16.0. The Labute approximate surface area is 116 Å². The highest BCUT2D eigenvalue weighted by Crippen LogP contribution is 2.21. The van der Waals surface area contributed by atoms with Crippen LogP contribution in [0.3, 0.4) is 0 Å². The number of hydrogen-bond acceptors (Lipinski definition) is 4. The normalized spacial score (nSPS) is 12.0. The molecule has 1 atom stereocenters. The Morgan fingerprint density at radius 1 is 1.55 bits per heavy atom. The van der Waals surface area contributed by atoms with Crippen LogP contribution >= 0.6 is 0 Å². The Morgan fingerprint density at radius 2 is 2.20 bits per heavy atom. The van der Waals surface area contributed by atoms with E-state index < -0.39 is 16.6 Å². The van der Waals surface area contributed by atoms with Crippen molar-refractivity contribution in [2.75, 3.05) is 20.3 Å². The highest BCUT2D eigenvalue weighted by Gasteiger charge is 2.19. The fourth-order valence-electron chi connectivity index (χ4n) is 1.73. The first-order valence-electron chi connectivity index (χ1n) is 6.08. The van der Waals surface area contributed by atoms with Crippen molar-refractivity contribution in [3.05, 3.63) is 39.2 Å². The van der Waals surface area contributed by atoms with E-state index in [9.17, 15) is 19.3 Å². The van der Waals surface area contributed by atoms with Crippen LogP contribution in [-0.4, -0.2) is 31.1 Å². The molecular formula is C13H17FN2O4. The van der Waals surface area contributed by atoms with Gasteiger partial charge in [0.2, 0.25) is 0 Å². The van der Waals surface area contributed by atoms with Crippen molar-refractivity contribution >= 4 is 11.6 Å². The first-order valence-corrected chi connectivity index (χ1v) is 6.08. The van der Waals surface area contributed by atoms with Gasteiger partial charge in [-0.1, -0.05) is 6.92 Å². The number of nitro groups is 1. The molecule has 0 aliphatic carbocycles. The number of rotatable bonds is 6. The highest BCUT2D eigenvalue weighted by molar-refractivity contribution is 5.95. The largest absolute Gasteiger partial charge is 0.384 e. The summed E-state index contributed by atoms with van der Waals surface area (Å²) in [5.41, 5.74) is -0.561. The lowest BCUT2D eigenvalue weighted by molar-refractivity contribution is -0.385. The summed E-state index contributed by atoms with van der Waals surface area (Å²) in [5.74, 6) is -1.35. The number of nitrogens with zero attached hydrogens (tertiary/aromatic N) is 1. The molecule has 0 aliphatic heterocycles. The second-order valence-corrected chi connectivity index (χ2v) is 4.65. The summed E-state index contributed by atoms with van der Waals surface area (Å²) in [5, 5.41) is 13.3. The van der Waals surface area contributed by atoms with Crippen LogP contribution in [-0.2, 0) is 4.74 Å². The molecule has 1 amide bonds. The molecule has 110 valence electrons. The van der Waals surface area contributed by atoms with Gasteiger partial charge in [0.15, 0.2) is 0 Å². The topological polar surface area (TPSA) is 81.5 Å². The number of benzene rings is 1. The fraction of sp³-hybridized carbons (Fsp3) is 0.462. The van der Waals surface area contributed by atoms with Gasteiger partial charge < -0.3 is 10.1 Å². The zero-order valence-corrected chi connectivity index (χ0v) is 11.6. The van der Waals surface area contributed by atoms with Crippen LogP contribution in [0.15, 0.2) is 12.1 Å². The van der Waals surface area contributed by atoms with Crippen LogP contribution < -0.4 is 5.32 Å². The third-order valence-corrected chi connectivity index (χ3v) is 2.76. The Bertz CT molecular complexity index is 519. The van der Waals surface area contributed by atoms with Crippen LogP contribution in [0.5, 0.6) is 0 Å². The Morgan fingerprint density at radius 3 is 2.75 bits per heavy atom. The second kappa shape index (κ2) is 6.95.